The van der Waals surface area contributed by atoms with E-state index in [1.165, 1.54) is 12.1 Å². The number of aliphatic imine (C=N–C) groups is 1. The molecular weight excluding hydrogens is 333 g/mol. The first-order chi connectivity index (χ1) is 12.6. The predicted octanol–water partition coefficient (Wildman–Crippen LogP) is 4.10. The van der Waals surface area contributed by atoms with Gasteiger partial charge in [-0.2, -0.15) is 0 Å². The zero-order chi connectivity index (χ0) is 18.5. The Bertz CT molecular complexity index is 805. The van der Waals surface area contributed by atoms with Gasteiger partial charge in [0.2, 0.25) is 5.91 Å². The number of halogens is 1. The number of methoxy groups -OCH3 is 1. The monoisotopic (exact) mass is 355 g/mol. The van der Waals surface area contributed by atoms with Crippen molar-refractivity contribution in [2.24, 2.45) is 4.99 Å². The molecule has 26 heavy (non-hydrogen) atoms. The molecule has 1 aliphatic heterocycles. The van der Waals surface area contributed by atoms with Crippen molar-refractivity contribution >= 4 is 29.2 Å². The summed E-state index contributed by atoms with van der Waals surface area (Å²) in [6, 6.07) is 12.2. The molecule has 1 aliphatic rings. The van der Waals surface area contributed by atoms with E-state index in [2.05, 4.69) is 22.5 Å². The van der Waals surface area contributed by atoms with Crippen LogP contribution in [0.4, 0.5) is 21.5 Å². The van der Waals surface area contributed by atoms with Gasteiger partial charge in [0.15, 0.2) is 0 Å². The Kier molecular flexibility index (Phi) is 5.63. The molecule has 0 spiro atoms. The third kappa shape index (κ3) is 4.08. The van der Waals surface area contributed by atoms with E-state index < -0.39 is 5.92 Å². The number of fused-ring (bicyclic) bond motifs is 1. The minimum absolute atomic E-state index is 0.196. The van der Waals surface area contributed by atoms with Crippen LogP contribution in [0.15, 0.2) is 47.5 Å². The van der Waals surface area contributed by atoms with Gasteiger partial charge in [0.1, 0.15) is 11.7 Å². The largest absolute Gasteiger partial charge is 0.383 e. The molecule has 5 nitrogen and oxygen atoms in total. The molecule has 2 aromatic rings. The lowest BCUT2D eigenvalue weighted by Crippen LogP contribution is -2.23. The van der Waals surface area contributed by atoms with Gasteiger partial charge in [0, 0.05) is 30.7 Å². The highest BCUT2D eigenvalue weighted by Gasteiger charge is 2.29. The van der Waals surface area contributed by atoms with Gasteiger partial charge in [0.25, 0.3) is 0 Å². The minimum Gasteiger partial charge on any atom is -0.383 e. The number of carbonyl (C=O) groups excluding carboxylic acids is 1. The van der Waals surface area contributed by atoms with Crippen molar-refractivity contribution in [3.05, 3.63) is 53.8 Å². The molecule has 3 rings (SSSR count). The Morgan fingerprint density at radius 2 is 2.08 bits per heavy atom. The number of rotatable bonds is 7. The number of ether oxygens (including phenoxy) is 1. The third-order valence-corrected chi connectivity index (χ3v) is 4.36. The van der Waals surface area contributed by atoms with E-state index in [0.29, 0.717) is 12.3 Å². The van der Waals surface area contributed by atoms with E-state index in [-0.39, 0.29) is 17.8 Å². The van der Waals surface area contributed by atoms with Crippen molar-refractivity contribution in [3.63, 3.8) is 0 Å². The fourth-order valence-corrected chi connectivity index (χ4v) is 2.91. The van der Waals surface area contributed by atoms with E-state index in [9.17, 15) is 9.18 Å². The Morgan fingerprint density at radius 1 is 1.31 bits per heavy atom. The van der Waals surface area contributed by atoms with Gasteiger partial charge < -0.3 is 15.4 Å². The SMILES string of the molecule is CCC(COC)Nc1ccc(N=CC2C(=O)Nc3cc(F)ccc32)cc1. The van der Waals surface area contributed by atoms with Crippen LogP contribution in [-0.4, -0.2) is 31.9 Å². The quantitative estimate of drug-likeness (QED) is 0.735. The highest BCUT2D eigenvalue weighted by molar-refractivity contribution is 6.12. The highest BCUT2D eigenvalue weighted by atomic mass is 19.1. The summed E-state index contributed by atoms with van der Waals surface area (Å²) in [6.07, 6.45) is 2.56. The number of benzene rings is 2. The van der Waals surface area contributed by atoms with Gasteiger partial charge in [-0.3, -0.25) is 9.79 Å². The number of hydrogen-bond donors (Lipinski definition) is 2. The molecule has 0 saturated carbocycles. The molecule has 2 atom stereocenters. The van der Waals surface area contributed by atoms with E-state index in [1.807, 2.05) is 24.3 Å². The predicted molar refractivity (Wildman–Crippen MR) is 102 cm³/mol. The number of hydrogen-bond acceptors (Lipinski definition) is 4. The van der Waals surface area contributed by atoms with Crippen molar-refractivity contribution in [2.45, 2.75) is 25.3 Å². The van der Waals surface area contributed by atoms with Crippen LogP contribution in [0.2, 0.25) is 0 Å². The number of anilines is 2. The minimum atomic E-state index is -0.505. The first-order valence-corrected chi connectivity index (χ1v) is 8.60. The third-order valence-electron chi connectivity index (χ3n) is 4.36. The molecule has 0 fully saturated rings. The molecule has 0 aliphatic carbocycles. The summed E-state index contributed by atoms with van der Waals surface area (Å²) in [5, 5.41) is 6.08. The summed E-state index contributed by atoms with van der Waals surface area (Å²) in [5.74, 6) is -1.07. The highest BCUT2D eigenvalue weighted by Crippen LogP contribution is 2.32. The summed E-state index contributed by atoms with van der Waals surface area (Å²) < 4.78 is 18.5. The molecule has 2 aromatic carbocycles. The zero-order valence-corrected chi connectivity index (χ0v) is 14.8. The van der Waals surface area contributed by atoms with Gasteiger partial charge >= 0.3 is 0 Å². The maximum absolute atomic E-state index is 13.3. The van der Waals surface area contributed by atoms with E-state index in [1.54, 1.807) is 19.4 Å². The normalized spacial score (nSPS) is 17.2. The molecule has 6 heteroatoms. The van der Waals surface area contributed by atoms with Crippen LogP contribution in [0.3, 0.4) is 0 Å². The lowest BCUT2D eigenvalue weighted by Gasteiger charge is -2.17. The van der Waals surface area contributed by atoms with E-state index >= 15 is 0 Å². The molecule has 0 aromatic heterocycles. The van der Waals surface area contributed by atoms with Crippen LogP contribution in [0, 0.1) is 5.82 Å². The molecule has 2 unspecified atom stereocenters. The van der Waals surface area contributed by atoms with Crippen LogP contribution in [-0.2, 0) is 9.53 Å². The second-order valence-corrected chi connectivity index (χ2v) is 6.23. The summed E-state index contributed by atoms with van der Waals surface area (Å²) in [5.41, 5.74) is 2.99. The molecule has 0 saturated heterocycles. The van der Waals surface area contributed by atoms with Gasteiger partial charge in [-0.15, -0.1) is 0 Å². The molecule has 1 heterocycles. The molecule has 1 amide bonds. The fourth-order valence-electron chi connectivity index (χ4n) is 2.91. The zero-order valence-electron chi connectivity index (χ0n) is 14.8. The number of nitrogens with zero attached hydrogens (tertiary/aromatic N) is 1. The fraction of sp³-hybridized carbons (Fsp3) is 0.300. The van der Waals surface area contributed by atoms with Gasteiger partial charge in [0.05, 0.1) is 12.3 Å². The van der Waals surface area contributed by atoms with Crippen molar-refractivity contribution < 1.29 is 13.9 Å². The summed E-state index contributed by atoms with van der Waals surface area (Å²) in [7, 11) is 1.69. The average Bonchev–Trinajstić information content (AvgIpc) is 2.94. The van der Waals surface area contributed by atoms with Crippen molar-refractivity contribution in [2.75, 3.05) is 24.4 Å². The standard InChI is InChI=1S/C20H22FN3O2/c1-3-14(12-26-2)23-16-7-5-15(6-8-16)22-11-18-17-9-4-13(21)10-19(17)24-20(18)25/h4-11,14,18,23H,3,12H2,1-2H3,(H,24,25). The lowest BCUT2D eigenvalue weighted by molar-refractivity contribution is -0.115. The van der Waals surface area contributed by atoms with Gasteiger partial charge in [-0.05, 0) is 48.4 Å². The number of amides is 1. The van der Waals surface area contributed by atoms with Crippen molar-refractivity contribution in [1.82, 2.24) is 0 Å². The lowest BCUT2D eigenvalue weighted by atomic mass is 10.0. The van der Waals surface area contributed by atoms with Crippen LogP contribution in [0.1, 0.15) is 24.8 Å². The van der Waals surface area contributed by atoms with Crippen LogP contribution < -0.4 is 10.6 Å². The second-order valence-electron chi connectivity index (χ2n) is 6.23. The summed E-state index contributed by atoms with van der Waals surface area (Å²) in [6.45, 7) is 2.75. The van der Waals surface area contributed by atoms with E-state index in [4.69, 9.17) is 4.74 Å². The Morgan fingerprint density at radius 3 is 2.77 bits per heavy atom. The number of nitrogens with one attached hydrogen (secondary N) is 2. The molecule has 136 valence electrons. The van der Waals surface area contributed by atoms with Gasteiger partial charge in [-0.1, -0.05) is 13.0 Å². The molecule has 0 bridgehead atoms. The topological polar surface area (TPSA) is 62.7 Å². The Labute approximate surface area is 152 Å². The van der Waals surface area contributed by atoms with Crippen LogP contribution >= 0.6 is 0 Å². The maximum atomic E-state index is 13.3. The Balaban J connectivity index is 1.69. The molecule has 0 radical (unpaired) electrons. The maximum Gasteiger partial charge on any atom is 0.237 e. The first kappa shape index (κ1) is 18.1. The molecule has 2 N–H and O–H groups in total. The van der Waals surface area contributed by atoms with Crippen LogP contribution in [0.25, 0.3) is 0 Å². The first-order valence-electron chi connectivity index (χ1n) is 8.60. The number of carbonyl (C=O) groups is 1. The van der Waals surface area contributed by atoms with Crippen LogP contribution in [0.5, 0.6) is 0 Å². The molecular formula is C20H22FN3O2. The second kappa shape index (κ2) is 8.10. The summed E-state index contributed by atoms with van der Waals surface area (Å²) >= 11 is 0. The smallest absolute Gasteiger partial charge is 0.237 e. The van der Waals surface area contributed by atoms with Gasteiger partial charge in [-0.25, -0.2) is 4.39 Å². The average molecular weight is 355 g/mol. The van der Waals surface area contributed by atoms with Crippen molar-refractivity contribution in [3.8, 4) is 0 Å². The Hall–Kier alpha value is -2.73. The van der Waals surface area contributed by atoms with Crippen molar-refractivity contribution in [1.29, 1.82) is 0 Å². The van der Waals surface area contributed by atoms with E-state index in [0.717, 1.165) is 23.4 Å². The summed E-state index contributed by atoms with van der Waals surface area (Å²) in [4.78, 5) is 16.5.